The molecule has 0 N–H and O–H groups in total. The van der Waals surface area contributed by atoms with Gasteiger partial charge in [0, 0.05) is 9.95 Å². The van der Waals surface area contributed by atoms with E-state index in [0.717, 1.165) is 0 Å². The first-order valence-electron chi connectivity index (χ1n) is 6.26. The molecule has 1 aromatic carbocycles. The monoisotopic (exact) mass is 299 g/mol. The molecule has 0 amide bonds. The molecule has 1 rings (SSSR count). The van der Waals surface area contributed by atoms with E-state index < -0.39 is 22.4 Å². The Morgan fingerprint density at radius 3 is 2.35 bits per heavy atom. The average Bonchev–Trinajstić information content (AvgIpc) is 2.25. The summed E-state index contributed by atoms with van der Waals surface area (Å²) < 4.78 is 5.21. The zero-order valence-corrected chi connectivity index (χ0v) is 12.5. The molecule has 1 unspecified atom stereocenters. The maximum Gasteiger partial charge on any atom is 0.307 e. The molecular weight excluding hydrogens is 282 g/mol. The topological polar surface area (TPSA) is 69.4 Å². The van der Waals surface area contributed by atoms with Gasteiger partial charge in [-0.25, -0.2) is 0 Å². The van der Waals surface area contributed by atoms with Crippen molar-refractivity contribution in [3.63, 3.8) is 0 Å². The normalized spacial score (nSPS) is 12.8. The molecule has 1 atom stereocenters. The average molecular weight is 300 g/mol. The van der Waals surface area contributed by atoms with Crippen LogP contribution in [0.3, 0.4) is 0 Å². The third kappa shape index (κ3) is 6.02. The number of esters is 1. The van der Waals surface area contributed by atoms with Crippen molar-refractivity contribution < 1.29 is 14.5 Å². The summed E-state index contributed by atoms with van der Waals surface area (Å²) in [5.41, 5.74) is 0.105. The lowest BCUT2D eigenvalue weighted by molar-refractivity contribution is -0.483. The van der Waals surface area contributed by atoms with E-state index in [2.05, 4.69) is 0 Å². The summed E-state index contributed by atoms with van der Waals surface area (Å²) in [6, 6.07) is 6.69. The third-order valence-electron chi connectivity index (χ3n) is 2.54. The van der Waals surface area contributed by atoms with Crippen LogP contribution in [0.5, 0.6) is 0 Å². The summed E-state index contributed by atoms with van der Waals surface area (Å²) >= 11 is 5.79. The van der Waals surface area contributed by atoms with Gasteiger partial charge >= 0.3 is 5.97 Å². The summed E-state index contributed by atoms with van der Waals surface area (Å²) in [4.78, 5) is 22.1. The number of rotatable bonds is 5. The van der Waals surface area contributed by atoms with E-state index in [0.29, 0.717) is 10.6 Å². The first-order valence-corrected chi connectivity index (χ1v) is 6.64. The number of ether oxygens (including phenoxy) is 1. The highest BCUT2D eigenvalue weighted by atomic mass is 35.5. The van der Waals surface area contributed by atoms with Gasteiger partial charge < -0.3 is 4.74 Å². The van der Waals surface area contributed by atoms with Gasteiger partial charge in [0.25, 0.3) is 0 Å². The molecule has 6 heteroatoms. The highest BCUT2D eigenvalue weighted by Gasteiger charge is 2.25. The van der Waals surface area contributed by atoms with E-state index in [9.17, 15) is 14.9 Å². The molecule has 0 spiro atoms. The van der Waals surface area contributed by atoms with Gasteiger partial charge in [-0.2, -0.15) is 0 Å². The largest absolute Gasteiger partial charge is 0.460 e. The molecule has 0 saturated heterocycles. The molecule has 5 nitrogen and oxygen atoms in total. The van der Waals surface area contributed by atoms with Crippen molar-refractivity contribution in [2.75, 3.05) is 6.54 Å². The molecular formula is C14H18ClNO4. The third-order valence-corrected chi connectivity index (χ3v) is 2.80. The van der Waals surface area contributed by atoms with Crippen molar-refractivity contribution in [1.29, 1.82) is 0 Å². The number of carbonyl (C=O) groups is 1. The molecule has 0 saturated carbocycles. The van der Waals surface area contributed by atoms with Crippen LogP contribution < -0.4 is 0 Å². The molecule has 1 aromatic rings. The molecule has 0 radical (unpaired) electrons. The number of hydrogen-bond donors (Lipinski definition) is 0. The first kappa shape index (κ1) is 16.4. The maximum absolute atomic E-state index is 11.8. The molecule has 0 aliphatic rings. The van der Waals surface area contributed by atoms with Crippen LogP contribution in [-0.2, 0) is 9.53 Å². The summed E-state index contributed by atoms with van der Waals surface area (Å²) in [6.07, 6.45) is -0.0279. The van der Waals surface area contributed by atoms with Gasteiger partial charge in [-0.3, -0.25) is 14.9 Å². The van der Waals surface area contributed by atoms with Gasteiger partial charge in [0.2, 0.25) is 6.54 Å². The Morgan fingerprint density at radius 1 is 1.35 bits per heavy atom. The minimum absolute atomic E-state index is 0.0279. The summed E-state index contributed by atoms with van der Waals surface area (Å²) in [5, 5.41) is 11.3. The lowest BCUT2D eigenvalue weighted by atomic mass is 9.96. The maximum atomic E-state index is 11.8. The van der Waals surface area contributed by atoms with E-state index in [4.69, 9.17) is 16.3 Å². The van der Waals surface area contributed by atoms with Gasteiger partial charge in [0.05, 0.1) is 12.3 Å². The van der Waals surface area contributed by atoms with Gasteiger partial charge in [0.15, 0.2) is 0 Å². The van der Waals surface area contributed by atoms with E-state index in [-0.39, 0.29) is 13.0 Å². The number of hydrogen-bond acceptors (Lipinski definition) is 4. The first-order chi connectivity index (χ1) is 9.17. The van der Waals surface area contributed by atoms with Crippen molar-refractivity contribution in [2.24, 2.45) is 0 Å². The van der Waals surface area contributed by atoms with Crippen LogP contribution in [0.4, 0.5) is 0 Å². The van der Waals surface area contributed by atoms with Crippen molar-refractivity contribution in [3.05, 3.63) is 45.0 Å². The van der Waals surface area contributed by atoms with Crippen LogP contribution in [0.2, 0.25) is 5.02 Å². The van der Waals surface area contributed by atoms with E-state index >= 15 is 0 Å². The number of benzene rings is 1. The lowest BCUT2D eigenvalue weighted by Gasteiger charge is -2.21. The second kappa shape index (κ2) is 6.70. The fraction of sp³-hybridized carbons (Fsp3) is 0.500. The number of nitro groups is 1. The standard InChI is InChI=1S/C14H18ClNO4/c1-14(2,3)20-13(17)8-11(9-16(18)19)10-4-6-12(15)7-5-10/h4-7,11H,8-9H2,1-3H3. The molecule has 0 aliphatic carbocycles. The highest BCUT2D eigenvalue weighted by Crippen LogP contribution is 2.23. The predicted molar refractivity (Wildman–Crippen MR) is 76.5 cm³/mol. The van der Waals surface area contributed by atoms with Crippen molar-refractivity contribution in [1.82, 2.24) is 0 Å². The fourth-order valence-electron chi connectivity index (χ4n) is 1.79. The molecule has 0 aliphatic heterocycles. The van der Waals surface area contributed by atoms with Gasteiger partial charge in [0.1, 0.15) is 5.60 Å². The second-order valence-electron chi connectivity index (χ2n) is 5.55. The van der Waals surface area contributed by atoms with Crippen LogP contribution in [0.1, 0.15) is 38.7 Å². The Labute approximate surface area is 123 Å². The Balaban J connectivity index is 2.82. The van der Waals surface area contributed by atoms with Crippen molar-refractivity contribution in [3.8, 4) is 0 Å². The van der Waals surface area contributed by atoms with Gasteiger partial charge in [-0.05, 0) is 38.5 Å². The van der Waals surface area contributed by atoms with E-state index in [1.54, 1.807) is 45.0 Å². The molecule has 0 bridgehead atoms. The van der Waals surface area contributed by atoms with Crippen molar-refractivity contribution in [2.45, 2.75) is 38.7 Å². The Morgan fingerprint density at radius 2 is 1.90 bits per heavy atom. The van der Waals surface area contributed by atoms with E-state index in [1.807, 2.05) is 0 Å². The minimum Gasteiger partial charge on any atom is -0.460 e. The van der Waals surface area contributed by atoms with Crippen LogP contribution in [0.25, 0.3) is 0 Å². The summed E-state index contributed by atoms with van der Waals surface area (Å²) in [5.74, 6) is -0.962. The van der Waals surface area contributed by atoms with Gasteiger partial charge in [-0.15, -0.1) is 0 Å². The minimum atomic E-state index is -0.601. The Kier molecular flexibility index (Phi) is 5.51. The Hall–Kier alpha value is -1.62. The zero-order chi connectivity index (χ0) is 15.3. The molecule has 0 aromatic heterocycles. The van der Waals surface area contributed by atoms with Crippen LogP contribution in [0, 0.1) is 10.1 Å². The summed E-state index contributed by atoms with van der Waals surface area (Å²) in [7, 11) is 0. The smallest absolute Gasteiger partial charge is 0.307 e. The lowest BCUT2D eigenvalue weighted by Crippen LogP contribution is -2.26. The quantitative estimate of drug-likeness (QED) is 0.474. The molecule has 0 heterocycles. The SMILES string of the molecule is CC(C)(C)OC(=O)CC(C[N+](=O)[O-])c1ccc(Cl)cc1. The molecule has 0 fully saturated rings. The number of carbonyl (C=O) groups excluding carboxylic acids is 1. The van der Waals surface area contributed by atoms with Crippen molar-refractivity contribution >= 4 is 17.6 Å². The fourth-order valence-corrected chi connectivity index (χ4v) is 1.91. The Bertz CT molecular complexity index is 479. The highest BCUT2D eigenvalue weighted by molar-refractivity contribution is 6.30. The van der Waals surface area contributed by atoms with Crippen LogP contribution in [0.15, 0.2) is 24.3 Å². The number of nitrogens with zero attached hydrogens (tertiary/aromatic N) is 1. The van der Waals surface area contributed by atoms with Crippen LogP contribution in [-0.4, -0.2) is 23.0 Å². The zero-order valence-electron chi connectivity index (χ0n) is 11.8. The van der Waals surface area contributed by atoms with Gasteiger partial charge in [-0.1, -0.05) is 23.7 Å². The summed E-state index contributed by atoms with van der Waals surface area (Å²) in [6.45, 7) is 4.96. The number of halogens is 1. The second-order valence-corrected chi connectivity index (χ2v) is 5.99. The molecule has 20 heavy (non-hydrogen) atoms. The van der Waals surface area contributed by atoms with E-state index in [1.165, 1.54) is 0 Å². The van der Waals surface area contributed by atoms with Crippen LogP contribution >= 0.6 is 11.6 Å². The molecule has 110 valence electrons. The predicted octanol–water partition coefficient (Wildman–Crippen LogP) is 3.43.